The summed E-state index contributed by atoms with van der Waals surface area (Å²) in [6.45, 7) is 4.48. The lowest BCUT2D eigenvalue weighted by Crippen LogP contribution is -2.60. The van der Waals surface area contributed by atoms with Crippen molar-refractivity contribution in [2.45, 2.75) is 32.0 Å². The number of imide groups is 1. The van der Waals surface area contributed by atoms with Crippen LogP contribution in [0, 0.1) is 5.41 Å². The normalized spacial score (nSPS) is 23.4. The molecule has 28 heavy (non-hydrogen) atoms. The maximum atomic E-state index is 12.9. The number of methoxy groups -OCH3 is 1. The van der Waals surface area contributed by atoms with Gasteiger partial charge in [0.05, 0.1) is 6.61 Å². The Morgan fingerprint density at radius 3 is 2.79 bits per heavy atom. The summed E-state index contributed by atoms with van der Waals surface area (Å²) in [5.41, 5.74) is 2.82. The van der Waals surface area contributed by atoms with Crippen LogP contribution in [-0.4, -0.2) is 62.0 Å². The minimum Gasteiger partial charge on any atom is -0.384 e. The van der Waals surface area contributed by atoms with Gasteiger partial charge in [0.1, 0.15) is 6.04 Å². The Kier molecular flexibility index (Phi) is 5.18. The minimum atomic E-state index is -0.579. The first-order valence-electron chi connectivity index (χ1n) is 9.69. The zero-order valence-electron chi connectivity index (χ0n) is 16.0. The van der Waals surface area contributed by atoms with E-state index in [0.29, 0.717) is 31.7 Å². The molecule has 0 radical (unpaired) electrons. The van der Waals surface area contributed by atoms with Gasteiger partial charge < -0.3 is 20.3 Å². The number of benzene rings is 1. The molecule has 1 atom stereocenters. The Bertz CT molecular complexity index is 805. The average molecular weight is 386 g/mol. The number of amides is 3. The zero-order valence-corrected chi connectivity index (χ0v) is 16.0. The highest BCUT2D eigenvalue weighted by Crippen LogP contribution is 2.30. The van der Waals surface area contributed by atoms with Crippen molar-refractivity contribution < 1.29 is 19.1 Å². The van der Waals surface area contributed by atoms with Crippen molar-refractivity contribution >= 4 is 17.7 Å². The summed E-state index contributed by atoms with van der Waals surface area (Å²) in [6, 6.07) is 5.14. The van der Waals surface area contributed by atoms with Crippen LogP contribution in [0.2, 0.25) is 0 Å². The molecule has 1 aromatic carbocycles. The quantitative estimate of drug-likeness (QED) is 0.560. The molecule has 0 aromatic heterocycles. The van der Waals surface area contributed by atoms with Crippen LogP contribution in [0.25, 0.3) is 0 Å². The summed E-state index contributed by atoms with van der Waals surface area (Å²) in [5, 5.41) is 9.15. The maximum absolute atomic E-state index is 12.9. The Morgan fingerprint density at radius 2 is 2.11 bits per heavy atom. The number of hydrogen-bond acceptors (Lipinski definition) is 6. The summed E-state index contributed by atoms with van der Waals surface area (Å²) in [5.74, 6) is -0.785. The summed E-state index contributed by atoms with van der Waals surface area (Å²) < 4.78 is 5.35. The smallest absolute Gasteiger partial charge is 0.255 e. The van der Waals surface area contributed by atoms with E-state index in [0.717, 1.165) is 30.8 Å². The number of carbonyl (C=O) groups is 3. The first-order chi connectivity index (χ1) is 13.5. The van der Waals surface area contributed by atoms with E-state index >= 15 is 0 Å². The third kappa shape index (κ3) is 3.43. The molecule has 8 nitrogen and oxygen atoms in total. The third-order valence-corrected chi connectivity index (χ3v) is 5.95. The maximum Gasteiger partial charge on any atom is 0.255 e. The van der Waals surface area contributed by atoms with Gasteiger partial charge in [-0.3, -0.25) is 19.7 Å². The molecule has 0 bridgehead atoms. The van der Waals surface area contributed by atoms with Gasteiger partial charge in [-0.05, 0) is 23.6 Å². The van der Waals surface area contributed by atoms with Crippen molar-refractivity contribution in [2.75, 3.05) is 33.4 Å². The SMILES string of the molecule is COCC1(CNCc2cccc3c2CN(C2CCC(=O)NC2=O)C3=O)CNC1. The fourth-order valence-electron chi connectivity index (χ4n) is 4.34. The van der Waals surface area contributed by atoms with Crippen molar-refractivity contribution in [3.8, 4) is 0 Å². The minimum absolute atomic E-state index is 0.126. The van der Waals surface area contributed by atoms with E-state index in [2.05, 4.69) is 16.0 Å². The van der Waals surface area contributed by atoms with Crippen LogP contribution >= 0.6 is 0 Å². The Hall–Kier alpha value is -2.29. The van der Waals surface area contributed by atoms with E-state index in [4.69, 9.17) is 4.74 Å². The van der Waals surface area contributed by atoms with Crippen molar-refractivity contribution in [1.29, 1.82) is 0 Å². The second-order valence-corrected chi connectivity index (χ2v) is 7.98. The van der Waals surface area contributed by atoms with Gasteiger partial charge in [-0.25, -0.2) is 0 Å². The number of carbonyl (C=O) groups excluding carboxylic acids is 3. The molecule has 1 unspecified atom stereocenters. The number of rotatable bonds is 7. The second kappa shape index (κ2) is 7.62. The van der Waals surface area contributed by atoms with Crippen LogP contribution in [0.1, 0.15) is 34.3 Å². The van der Waals surface area contributed by atoms with E-state index in [1.807, 2.05) is 18.2 Å². The van der Waals surface area contributed by atoms with E-state index in [1.54, 1.807) is 12.0 Å². The fourth-order valence-corrected chi connectivity index (χ4v) is 4.34. The van der Waals surface area contributed by atoms with Gasteiger partial charge >= 0.3 is 0 Å². The number of hydrogen-bond donors (Lipinski definition) is 3. The highest BCUT2D eigenvalue weighted by molar-refractivity contribution is 6.05. The molecule has 3 aliphatic heterocycles. The average Bonchev–Trinajstić information content (AvgIpc) is 2.97. The van der Waals surface area contributed by atoms with Gasteiger partial charge in [0, 0.05) is 57.2 Å². The van der Waals surface area contributed by atoms with E-state index in [1.165, 1.54) is 0 Å². The number of ether oxygens (including phenoxy) is 1. The van der Waals surface area contributed by atoms with Crippen LogP contribution in [0.15, 0.2) is 18.2 Å². The molecule has 0 spiro atoms. The number of fused-ring (bicyclic) bond motifs is 1. The Balaban J connectivity index is 1.44. The highest BCUT2D eigenvalue weighted by atomic mass is 16.5. The zero-order chi connectivity index (χ0) is 19.7. The van der Waals surface area contributed by atoms with Gasteiger partial charge in [0.25, 0.3) is 5.91 Å². The van der Waals surface area contributed by atoms with Crippen molar-refractivity contribution in [3.63, 3.8) is 0 Å². The molecule has 150 valence electrons. The molecule has 3 heterocycles. The molecule has 4 rings (SSSR count). The van der Waals surface area contributed by atoms with E-state index < -0.39 is 6.04 Å². The molecule has 3 aliphatic rings. The molecule has 1 aromatic rings. The summed E-state index contributed by atoms with van der Waals surface area (Å²) in [7, 11) is 1.72. The molecule has 2 fully saturated rings. The molecule has 3 N–H and O–H groups in total. The van der Waals surface area contributed by atoms with Gasteiger partial charge in [-0.15, -0.1) is 0 Å². The molecule has 0 saturated carbocycles. The number of piperidine rings is 1. The van der Waals surface area contributed by atoms with Gasteiger partial charge in [-0.1, -0.05) is 12.1 Å². The summed E-state index contributed by atoms with van der Waals surface area (Å²) >= 11 is 0. The lowest BCUT2D eigenvalue weighted by molar-refractivity contribution is -0.136. The molecular formula is C20H26N4O4. The van der Waals surface area contributed by atoms with E-state index in [9.17, 15) is 14.4 Å². The predicted octanol–water partition coefficient (Wildman–Crippen LogP) is -0.227. The summed E-state index contributed by atoms with van der Waals surface area (Å²) in [6.07, 6.45) is 0.644. The van der Waals surface area contributed by atoms with Crippen LogP contribution < -0.4 is 16.0 Å². The first-order valence-corrected chi connectivity index (χ1v) is 9.69. The summed E-state index contributed by atoms with van der Waals surface area (Å²) in [4.78, 5) is 38.1. The topological polar surface area (TPSA) is 99.8 Å². The van der Waals surface area contributed by atoms with Crippen molar-refractivity contribution in [3.05, 3.63) is 34.9 Å². The number of nitrogens with zero attached hydrogens (tertiary/aromatic N) is 1. The third-order valence-electron chi connectivity index (χ3n) is 5.95. The van der Waals surface area contributed by atoms with E-state index in [-0.39, 0.29) is 29.6 Å². The van der Waals surface area contributed by atoms with Crippen LogP contribution in [-0.2, 0) is 27.4 Å². The molecule has 2 saturated heterocycles. The molecule has 0 aliphatic carbocycles. The van der Waals surface area contributed by atoms with Gasteiger partial charge in [0.15, 0.2) is 0 Å². The highest BCUT2D eigenvalue weighted by Gasteiger charge is 2.40. The first kappa shape index (κ1) is 19.0. The van der Waals surface area contributed by atoms with Crippen LogP contribution in [0.5, 0.6) is 0 Å². The standard InChI is InChI=1S/C20H26N4O4/c1-28-12-20(10-22-11-20)9-21-7-13-3-2-4-14-15(13)8-24(19(14)27)16-5-6-17(25)23-18(16)26/h2-4,16,21-22H,5-12H2,1H3,(H,23,25,26). The lowest BCUT2D eigenvalue weighted by Gasteiger charge is -2.42. The molecule has 3 amide bonds. The molecular weight excluding hydrogens is 360 g/mol. The van der Waals surface area contributed by atoms with Gasteiger partial charge in [0.2, 0.25) is 11.8 Å². The van der Waals surface area contributed by atoms with Crippen molar-refractivity contribution in [1.82, 2.24) is 20.9 Å². The largest absolute Gasteiger partial charge is 0.384 e. The predicted molar refractivity (Wildman–Crippen MR) is 101 cm³/mol. The fraction of sp³-hybridized carbons (Fsp3) is 0.550. The molecule has 8 heteroatoms. The van der Waals surface area contributed by atoms with Gasteiger partial charge in [-0.2, -0.15) is 0 Å². The Morgan fingerprint density at radius 1 is 1.29 bits per heavy atom. The van der Waals surface area contributed by atoms with Crippen LogP contribution in [0.3, 0.4) is 0 Å². The van der Waals surface area contributed by atoms with Crippen molar-refractivity contribution in [2.24, 2.45) is 5.41 Å². The number of nitrogens with one attached hydrogen (secondary N) is 3. The van der Waals surface area contributed by atoms with Crippen LogP contribution in [0.4, 0.5) is 0 Å². The Labute approximate surface area is 164 Å². The second-order valence-electron chi connectivity index (χ2n) is 7.98. The monoisotopic (exact) mass is 386 g/mol. The lowest BCUT2D eigenvalue weighted by atomic mass is 9.82.